The second-order valence-electron chi connectivity index (χ2n) is 2.57. The van der Waals surface area contributed by atoms with Crippen LogP contribution in [0.1, 0.15) is 10.4 Å². The predicted molar refractivity (Wildman–Crippen MR) is 65.2 cm³/mol. The van der Waals surface area contributed by atoms with E-state index in [1.807, 2.05) is 12.1 Å². The first-order chi connectivity index (χ1) is 7.61. The molecule has 2 N–H and O–H groups in total. The highest BCUT2D eigenvalue weighted by Crippen LogP contribution is 2.17. The van der Waals surface area contributed by atoms with Gasteiger partial charge in [0.2, 0.25) is 0 Å². The molecule has 0 aliphatic rings. The largest absolute Gasteiger partial charge is 0.478 e. The molecule has 0 aliphatic carbocycles. The maximum atomic E-state index is 10.0. The van der Waals surface area contributed by atoms with Crippen molar-refractivity contribution in [2.45, 2.75) is 0 Å². The molecule has 2 aromatic heterocycles. The highest BCUT2D eigenvalue weighted by molar-refractivity contribution is 9.13. The molecule has 2 aromatic rings. The minimum Gasteiger partial charge on any atom is -0.478 e. The fourth-order valence-corrected chi connectivity index (χ4v) is 1.24. The number of pyridine rings is 1. The number of aromatic nitrogens is 3. The smallest absolute Gasteiger partial charge is 0.338 e. The normalized spacial score (nSPS) is 9.12. The average molecular weight is 349 g/mol. The molecule has 7 heteroatoms. The summed E-state index contributed by atoms with van der Waals surface area (Å²) in [6, 6.07) is 3.80. The van der Waals surface area contributed by atoms with Gasteiger partial charge in [-0.05, 0) is 44.0 Å². The van der Waals surface area contributed by atoms with Gasteiger partial charge in [0.25, 0.3) is 0 Å². The van der Waals surface area contributed by atoms with Crippen LogP contribution in [0.4, 0.5) is 0 Å². The van der Waals surface area contributed by atoms with Gasteiger partial charge in [-0.2, -0.15) is 5.10 Å². The van der Waals surface area contributed by atoms with Crippen LogP contribution in [0.3, 0.4) is 0 Å². The summed E-state index contributed by atoms with van der Waals surface area (Å²) in [6.07, 6.45) is 4.31. The molecule has 0 fully saturated rings. The first-order valence-corrected chi connectivity index (χ1v) is 5.68. The Balaban J connectivity index is 0.000000160. The Bertz CT molecular complexity index is 439. The Morgan fingerprint density at radius 2 is 2.19 bits per heavy atom. The number of rotatable bonds is 1. The van der Waals surface area contributed by atoms with Gasteiger partial charge in [0.15, 0.2) is 0 Å². The summed E-state index contributed by atoms with van der Waals surface area (Å²) >= 11 is 6.52. The van der Waals surface area contributed by atoms with Crippen molar-refractivity contribution in [3.05, 3.63) is 45.4 Å². The number of nitrogens with one attached hydrogen (secondary N) is 1. The molecular weight excluding hydrogens is 342 g/mol. The van der Waals surface area contributed by atoms with E-state index >= 15 is 0 Å². The molecule has 0 unspecified atom stereocenters. The first-order valence-electron chi connectivity index (χ1n) is 4.09. The molecule has 2 heterocycles. The molecule has 0 aromatic carbocycles. The lowest BCUT2D eigenvalue weighted by Crippen LogP contribution is -1.91. The van der Waals surface area contributed by atoms with E-state index in [0.717, 1.165) is 9.08 Å². The van der Waals surface area contributed by atoms with E-state index in [1.54, 1.807) is 6.20 Å². The molecule has 0 saturated carbocycles. The summed E-state index contributed by atoms with van der Waals surface area (Å²) in [7, 11) is 0. The minimum absolute atomic E-state index is 0.185. The lowest BCUT2D eigenvalue weighted by Gasteiger charge is -1.88. The van der Waals surface area contributed by atoms with Crippen LogP contribution >= 0.6 is 31.9 Å². The number of halogens is 2. The fraction of sp³-hybridized carbons (Fsp3) is 0. The van der Waals surface area contributed by atoms with Gasteiger partial charge in [-0.15, -0.1) is 0 Å². The molecule has 16 heavy (non-hydrogen) atoms. The number of carboxylic acid groups (broad SMARTS) is 1. The van der Waals surface area contributed by atoms with Crippen molar-refractivity contribution in [2.24, 2.45) is 0 Å². The van der Waals surface area contributed by atoms with Gasteiger partial charge >= 0.3 is 5.97 Å². The van der Waals surface area contributed by atoms with Crippen molar-refractivity contribution in [1.82, 2.24) is 15.2 Å². The molecule has 0 saturated heterocycles. The van der Waals surface area contributed by atoms with Gasteiger partial charge in [-0.1, -0.05) is 0 Å². The number of nitrogens with zero attached hydrogens (tertiary/aromatic N) is 2. The van der Waals surface area contributed by atoms with Crippen molar-refractivity contribution >= 4 is 37.8 Å². The maximum Gasteiger partial charge on any atom is 0.338 e. The van der Waals surface area contributed by atoms with Gasteiger partial charge in [-0.25, -0.2) is 9.78 Å². The van der Waals surface area contributed by atoms with E-state index in [-0.39, 0.29) is 5.56 Å². The van der Waals surface area contributed by atoms with Crippen LogP contribution < -0.4 is 0 Å². The van der Waals surface area contributed by atoms with Gasteiger partial charge in [0.05, 0.1) is 16.2 Å². The summed E-state index contributed by atoms with van der Waals surface area (Å²) in [5.74, 6) is -0.959. The van der Waals surface area contributed by atoms with E-state index in [4.69, 9.17) is 5.11 Å². The van der Waals surface area contributed by atoms with Crippen LogP contribution in [0.5, 0.6) is 0 Å². The Morgan fingerprint density at radius 3 is 2.50 bits per heavy atom. The van der Waals surface area contributed by atoms with Crippen molar-refractivity contribution < 1.29 is 9.90 Å². The monoisotopic (exact) mass is 347 g/mol. The van der Waals surface area contributed by atoms with Crippen molar-refractivity contribution in [1.29, 1.82) is 0 Å². The zero-order valence-electron chi connectivity index (χ0n) is 7.89. The molecule has 0 amide bonds. The molecular formula is C9H7Br2N3O2. The topological polar surface area (TPSA) is 78.9 Å². The first kappa shape index (κ1) is 12.9. The molecule has 0 spiro atoms. The molecule has 5 nitrogen and oxygen atoms in total. The Labute approximate surface area is 108 Å². The van der Waals surface area contributed by atoms with Gasteiger partial charge in [-0.3, -0.25) is 5.10 Å². The zero-order valence-corrected chi connectivity index (χ0v) is 11.1. The van der Waals surface area contributed by atoms with Gasteiger partial charge in [0.1, 0.15) is 4.60 Å². The predicted octanol–water partition coefficient (Wildman–Crippen LogP) is 2.71. The van der Waals surface area contributed by atoms with Crippen LogP contribution in [0.2, 0.25) is 0 Å². The summed E-state index contributed by atoms with van der Waals surface area (Å²) in [6.45, 7) is 0. The Morgan fingerprint density at radius 1 is 1.44 bits per heavy atom. The number of carboxylic acids is 1. The number of aromatic carboxylic acids is 1. The number of carbonyl (C=O) groups is 1. The van der Waals surface area contributed by atoms with Crippen LogP contribution in [0, 0.1) is 0 Å². The van der Waals surface area contributed by atoms with E-state index in [9.17, 15) is 4.79 Å². The molecule has 0 atom stereocenters. The van der Waals surface area contributed by atoms with Gasteiger partial charge < -0.3 is 5.11 Å². The van der Waals surface area contributed by atoms with Crippen LogP contribution in [-0.4, -0.2) is 26.3 Å². The Hall–Kier alpha value is -1.21. The standard InChI is InChI=1S/C5H3Br2N.C4H4N2O2/c6-4-2-1-3-8-5(4)7;7-4(8)3-1-5-6-2-3/h1-3H;1-2H,(H,5,6)(H,7,8). The summed E-state index contributed by atoms with van der Waals surface area (Å²) < 4.78 is 1.83. The lowest BCUT2D eigenvalue weighted by molar-refractivity contribution is 0.0697. The summed E-state index contributed by atoms with van der Waals surface area (Å²) in [4.78, 5) is 14.0. The number of hydrogen-bond acceptors (Lipinski definition) is 3. The zero-order chi connectivity index (χ0) is 12.0. The third-order valence-electron chi connectivity index (χ3n) is 1.46. The minimum atomic E-state index is -0.959. The van der Waals surface area contributed by atoms with Crippen LogP contribution in [0.25, 0.3) is 0 Å². The highest BCUT2D eigenvalue weighted by Gasteiger charge is 1.99. The maximum absolute atomic E-state index is 10.0. The number of aromatic amines is 1. The second-order valence-corrected chi connectivity index (χ2v) is 4.17. The quantitative estimate of drug-likeness (QED) is 0.776. The second kappa shape index (κ2) is 6.39. The highest BCUT2D eigenvalue weighted by atomic mass is 79.9. The van der Waals surface area contributed by atoms with Crippen molar-refractivity contribution in [2.75, 3.05) is 0 Å². The van der Waals surface area contributed by atoms with E-state index in [0.29, 0.717) is 0 Å². The van der Waals surface area contributed by atoms with E-state index in [2.05, 4.69) is 47.0 Å². The number of H-pyrrole nitrogens is 1. The van der Waals surface area contributed by atoms with Crippen LogP contribution in [0.15, 0.2) is 39.8 Å². The van der Waals surface area contributed by atoms with Crippen molar-refractivity contribution in [3.63, 3.8) is 0 Å². The van der Waals surface area contributed by atoms with E-state index < -0.39 is 5.97 Å². The summed E-state index contributed by atoms with van der Waals surface area (Å²) in [5.41, 5.74) is 0.185. The molecule has 0 aliphatic heterocycles. The van der Waals surface area contributed by atoms with Gasteiger partial charge in [0, 0.05) is 12.4 Å². The van der Waals surface area contributed by atoms with Crippen molar-refractivity contribution in [3.8, 4) is 0 Å². The molecule has 2 rings (SSSR count). The summed E-state index contributed by atoms with van der Waals surface area (Å²) in [5, 5.41) is 14.0. The fourth-order valence-electron chi connectivity index (χ4n) is 0.734. The molecule has 0 radical (unpaired) electrons. The SMILES string of the molecule is Brc1cccnc1Br.O=C(O)c1cn[nH]c1. The third-order valence-corrected chi connectivity index (χ3v) is 3.26. The third kappa shape index (κ3) is 4.11. The van der Waals surface area contributed by atoms with E-state index in [1.165, 1.54) is 12.4 Å². The Kier molecular flexibility index (Phi) is 5.13. The molecule has 0 bridgehead atoms. The lowest BCUT2D eigenvalue weighted by atomic mass is 10.4. The molecule has 84 valence electrons. The average Bonchev–Trinajstić information content (AvgIpc) is 2.77. The van der Waals surface area contributed by atoms with Crippen LogP contribution in [-0.2, 0) is 0 Å². The number of hydrogen-bond donors (Lipinski definition) is 2.